The topological polar surface area (TPSA) is 54.3 Å². The van der Waals surface area contributed by atoms with Gasteiger partial charge in [-0.3, -0.25) is 14.8 Å². The number of hydrogen-bond acceptors (Lipinski definition) is 4. The summed E-state index contributed by atoms with van der Waals surface area (Å²) in [6.45, 7) is 11.7. The van der Waals surface area contributed by atoms with E-state index in [1.165, 1.54) is 32.7 Å². The Hall–Kier alpha value is -0.120. The molecule has 4 aliphatic heterocycles. The highest BCUT2D eigenvalue weighted by Gasteiger charge is 2.31. The molecule has 0 aromatic rings. The zero-order valence-corrected chi connectivity index (χ0v) is 15.9. The number of rotatable bonds is 3. The predicted octanol–water partition coefficient (Wildman–Crippen LogP) is 0.0264. The Morgan fingerprint density at radius 3 is 2.36 bits per heavy atom. The van der Waals surface area contributed by atoms with Gasteiger partial charge in [0.25, 0.3) is 0 Å². The summed E-state index contributed by atoms with van der Waals surface area (Å²) in [6, 6.07) is 0.580. The first-order valence-corrected chi connectivity index (χ1v) is 8.44. The number of hydrogen-bond donors (Lipinski definition) is 2. The van der Waals surface area contributed by atoms with Crippen LogP contribution in [0.3, 0.4) is 0 Å². The quantitative estimate of drug-likeness (QED) is 0.381. The van der Waals surface area contributed by atoms with Crippen molar-refractivity contribution in [3.05, 3.63) is 0 Å². The van der Waals surface area contributed by atoms with E-state index in [2.05, 4.69) is 26.9 Å². The van der Waals surface area contributed by atoms with Crippen LogP contribution in [0, 0.1) is 0 Å². The highest BCUT2D eigenvalue weighted by atomic mass is 127. The molecule has 2 bridgehead atoms. The van der Waals surface area contributed by atoms with Crippen LogP contribution in [0.15, 0.2) is 4.99 Å². The second-order valence-electron chi connectivity index (χ2n) is 6.40. The number of aliphatic imine (C=N–C) groups is 1. The van der Waals surface area contributed by atoms with Crippen molar-refractivity contribution in [1.29, 1.82) is 0 Å². The highest BCUT2D eigenvalue weighted by molar-refractivity contribution is 14.0. The molecule has 22 heavy (non-hydrogen) atoms. The van der Waals surface area contributed by atoms with Gasteiger partial charge in [-0.2, -0.15) is 0 Å². The van der Waals surface area contributed by atoms with Gasteiger partial charge in [-0.25, -0.2) is 0 Å². The lowest BCUT2D eigenvalue weighted by Crippen LogP contribution is -2.62. The average Bonchev–Trinajstić information content (AvgIpc) is 2.53. The highest BCUT2D eigenvalue weighted by Crippen LogP contribution is 2.16. The fourth-order valence-corrected chi connectivity index (χ4v) is 3.59. The summed E-state index contributed by atoms with van der Waals surface area (Å²) in [5, 5.41) is 13.1. The SMILES string of the molecule is CCNC(=NCC1CN2CCN1CC2)N1CCC(O)CC1.I. The third kappa shape index (κ3) is 4.46. The van der Waals surface area contributed by atoms with Crippen molar-refractivity contribution >= 4 is 29.9 Å². The molecule has 4 rings (SSSR count). The molecule has 1 unspecified atom stereocenters. The Bertz CT molecular complexity index is 365. The molecule has 0 amide bonds. The van der Waals surface area contributed by atoms with Crippen LogP contribution in [-0.2, 0) is 0 Å². The van der Waals surface area contributed by atoms with Crippen LogP contribution in [0.4, 0.5) is 0 Å². The lowest BCUT2D eigenvalue weighted by Gasteiger charge is -2.47. The smallest absolute Gasteiger partial charge is 0.193 e. The Morgan fingerprint density at radius 1 is 1.14 bits per heavy atom. The van der Waals surface area contributed by atoms with Crippen LogP contribution in [0.25, 0.3) is 0 Å². The van der Waals surface area contributed by atoms with Crippen LogP contribution in [0.1, 0.15) is 19.8 Å². The summed E-state index contributed by atoms with van der Waals surface area (Å²) in [7, 11) is 0. The van der Waals surface area contributed by atoms with Crippen LogP contribution in [0.5, 0.6) is 0 Å². The molecule has 0 aliphatic carbocycles. The predicted molar refractivity (Wildman–Crippen MR) is 100 cm³/mol. The Morgan fingerprint density at radius 2 is 1.82 bits per heavy atom. The van der Waals surface area contributed by atoms with Gasteiger partial charge in [0, 0.05) is 58.4 Å². The number of likely N-dealkylation sites (tertiary alicyclic amines) is 1. The van der Waals surface area contributed by atoms with E-state index in [0.29, 0.717) is 6.04 Å². The van der Waals surface area contributed by atoms with Gasteiger partial charge in [-0.05, 0) is 19.8 Å². The minimum Gasteiger partial charge on any atom is -0.393 e. The molecule has 128 valence electrons. The number of halogens is 1. The minimum atomic E-state index is -0.128. The number of piperidine rings is 1. The van der Waals surface area contributed by atoms with Crippen molar-refractivity contribution in [3.8, 4) is 0 Å². The molecular weight excluding hydrogens is 393 g/mol. The second kappa shape index (κ2) is 8.65. The summed E-state index contributed by atoms with van der Waals surface area (Å²) < 4.78 is 0. The first-order chi connectivity index (χ1) is 10.3. The Balaban J connectivity index is 0.00000176. The van der Waals surface area contributed by atoms with Gasteiger partial charge in [0.15, 0.2) is 5.96 Å². The van der Waals surface area contributed by atoms with Gasteiger partial charge in [-0.15, -0.1) is 24.0 Å². The first-order valence-electron chi connectivity index (χ1n) is 8.44. The monoisotopic (exact) mass is 423 g/mol. The van der Waals surface area contributed by atoms with Crippen LogP contribution < -0.4 is 5.32 Å². The number of aliphatic hydroxyl groups excluding tert-OH is 1. The molecule has 4 saturated heterocycles. The molecule has 1 atom stereocenters. The van der Waals surface area contributed by atoms with Crippen LogP contribution >= 0.6 is 24.0 Å². The third-order valence-corrected chi connectivity index (χ3v) is 4.94. The van der Waals surface area contributed by atoms with E-state index < -0.39 is 0 Å². The van der Waals surface area contributed by atoms with Gasteiger partial charge in [0.1, 0.15) is 0 Å². The summed E-state index contributed by atoms with van der Waals surface area (Å²) >= 11 is 0. The molecular formula is C15H30IN5O. The number of nitrogens with one attached hydrogen (secondary N) is 1. The lowest BCUT2D eigenvalue weighted by molar-refractivity contribution is 0.0172. The van der Waals surface area contributed by atoms with Crippen molar-refractivity contribution in [2.24, 2.45) is 4.99 Å². The standard InChI is InChI=1S/C15H29N5O.HI/c1-2-16-15(20-5-3-14(21)4-6-20)17-11-13-12-18-7-9-19(13)10-8-18;/h13-14,21H,2-12H2,1H3,(H,16,17);1H. The average molecular weight is 423 g/mol. The zero-order chi connectivity index (χ0) is 14.7. The normalized spacial score (nSPS) is 32.7. The van der Waals surface area contributed by atoms with Crippen molar-refractivity contribution in [2.45, 2.75) is 31.9 Å². The first kappa shape index (κ1) is 18.2. The molecule has 0 aromatic heterocycles. The minimum absolute atomic E-state index is 0. The molecule has 0 saturated carbocycles. The van der Waals surface area contributed by atoms with E-state index in [9.17, 15) is 5.11 Å². The van der Waals surface area contributed by atoms with E-state index in [0.717, 1.165) is 45.0 Å². The molecule has 6 nitrogen and oxygen atoms in total. The number of piperazine rings is 3. The maximum atomic E-state index is 9.64. The molecule has 0 radical (unpaired) electrons. The van der Waals surface area contributed by atoms with Crippen LogP contribution in [-0.4, -0.2) is 96.8 Å². The van der Waals surface area contributed by atoms with E-state index in [4.69, 9.17) is 4.99 Å². The summed E-state index contributed by atoms with van der Waals surface area (Å²) in [4.78, 5) is 12.3. The van der Waals surface area contributed by atoms with E-state index in [1.807, 2.05) is 0 Å². The number of nitrogens with zero attached hydrogens (tertiary/aromatic N) is 4. The van der Waals surface area contributed by atoms with Crippen molar-refractivity contribution in [1.82, 2.24) is 20.0 Å². The number of guanidine groups is 1. The van der Waals surface area contributed by atoms with Gasteiger partial charge in [-0.1, -0.05) is 0 Å². The van der Waals surface area contributed by atoms with Crippen molar-refractivity contribution < 1.29 is 5.11 Å². The van der Waals surface area contributed by atoms with Gasteiger partial charge in [0.2, 0.25) is 0 Å². The Kier molecular flexibility index (Phi) is 7.17. The second-order valence-corrected chi connectivity index (χ2v) is 6.40. The van der Waals surface area contributed by atoms with E-state index >= 15 is 0 Å². The van der Waals surface area contributed by atoms with E-state index in [1.54, 1.807) is 0 Å². The summed E-state index contributed by atoms with van der Waals surface area (Å²) in [5.41, 5.74) is 0. The van der Waals surface area contributed by atoms with Crippen molar-refractivity contribution in [3.63, 3.8) is 0 Å². The fourth-order valence-electron chi connectivity index (χ4n) is 3.59. The molecule has 0 spiro atoms. The van der Waals surface area contributed by atoms with Crippen molar-refractivity contribution in [2.75, 3.05) is 58.9 Å². The van der Waals surface area contributed by atoms with Gasteiger partial charge < -0.3 is 15.3 Å². The largest absolute Gasteiger partial charge is 0.393 e. The molecule has 4 heterocycles. The van der Waals surface area contributed by atoms with Gasteiger partial charge >= 0.3 is 0 Å². The van der Waals surface area contributed by atoms with E-state index in [-0.39, 0.29) is 30.1 Å². The van der Waals surface area contributed by atoms with Gasteiger partial charge in [0.05, 0.1) is 12.6 Å². The molecule has 2 N–H and O–H groups in total. The molecule has 7 heteroatoms. The third-order valence-electron chi connectivity index (χ3n) is 4.94. The molecule has 4 fully saturated rings. The van der Waals surface area contributed by atoms with Crippen LogP contribution in [0.2, 0.25) is 0 Å². The maximum Gasteiger partial charge on any atom is 0.193 e. The Labute approximate surface area is 150 Å². The lowest BCUT2D eigenvalue weighted by atomic mass is 10.1. The molecule has 0 aromatic carbocycles. The maximum absolute atomic E-state index is 9.64. The fraction of sp³-hybridized carbons (Fsp3) is 0.933. The summed E-state index contributed by atoms with van der Waals surface area (Å²) in [6.07, 6.45) is 1.58. The zero-order valence-electron chi connectivity index (χ0n) is 13.6. The summed E-state index contributed by atoms with van der Waals surface area (Å²) in [5.74, 6) is 1.03. The number of aliphatic hydroxyl groups is 1. The molecule has 4 aliphatic rings. The number of fused-ring (bicyclic) bond motifs is 3.